The first-order chi connectivity index (χ1) is 30.7. The summed E-state index contributed by atoms with van der Waals surface area (Å²) in [7, 11) is 4.52. The van der Waals surface area contributed by atoms with Crippen LogP contribution in [0.3, 0.4) is 0 Å². The van der Waals surface area contributed by atoms with Gasteiger partial charge in [0.05, 0.1) is 24.4 Å². The van der Waals surface area contributed by atoms with Crippen LogP contribution in [0.2, 0.25) is 0 Å². The van der Waals surface area contributed by atoms with Gasteiger partial charge in [0.25, 0.3) is 11.7 Å². The van der Waals surface area contributed by atoms with Crippen molar-refractivity contribution in [3.8, 4) is 0 Å². The fourth-order valence-corrected chi connectivity index (χ4v) is 10.1. The Morgan fingerprint density at radius 2 is 1.57 bits per heavy atom. The van der Waals surface area contributed by atoms with Crippen molar-refractivity contribution in [2.75, 3.05) is 27.9 Å². The van der Waals surface area contributed by atoms with E-state index in [0.29, 0.717) is 63.4 Å². The summed E-state index contributed by atoms with van der Waals surface area (Å²) in [5, 5.41) is 33.8. The van der Waals surface area contributed by atoms with E-state index < -0.39 is 83.9 Å². The number of fused-ring (bicyclic) bond motifs is 3. The van der Waals surface area contributed by atoms with E-state index in [4.69, 9.17) is 23.7 Å². The number of ether oxygens (including phenoxy) is 5. The number of ketones is 3. The third-order valence-corrected chi connectivity index (χ3v) is 14.5. The fourth-order valence-electron chi connectivity index (χ4n) is 10.1. The van der Waals surface area contributed by atoms with Gasteiger partial charge >= 0.3 is 5.97 Å². The lowest BCUT2D eigenvalue weighted by atomic mass is 9.78. The average molecular weight is 914 g/mol. The van der Waals surface area contributed by atoms with Crippen LogP contribution < -0.4 is 0 Å². The van der Waals surface area contributed by atoms with Gasteiger partial charge in [-0.05, 0) is 107 Å². The lowest BCUT2D eigenvalue weighted by Crippen LogP contribution is -2.61. The molecule has 0 aromatic rings. The molecule has 15 atom stereocenters. The van der Waals surface area contributed by atoms with E-state index in [1.807, 2.05) is 58.1 Å². The number of allylic oxidation sites excluding steroid dienone is 6. The second-order valence-corrected chi connectivity index (χ2v) is 19.6. The van der Waals surface area contributed by atoms with E-state index in [0.717, 1.165) is 12.0 Å². The third-order valence-electron chi connectivity index (χ3n) is 14.5. The lowest BCUT2D eigenvalue weighted by molar-refractivity contribution is -0.265. The van der Waals surface area contributed by atoms with Gasteiger partial charge in [-0.2, -0.15) is 0 Å². The molecule has 1 amide bonds. The first kappa shape index (κ1) is 54.2. The largest absolute Gasteiger partial charge is 0.460 e. The van der Waals surface area contributed by atoms with Crippen LogP contribution in [-0.4, -0.2) is 132 Å². The number of aliphatic hydroxyl groups is 3. The molecule has 14 heteroatoms. The summed E-state index contributed by atoms with van der Waals surface area (Å²) in [6.45, 7) is 12.7. The second-order valence-electron chi connectivity index (χ2n) is 19.6. The monoisotopic (exact) mass is 914 g/mol. The second kappa shape index (κ2) is 25.1. The Bertz CT molecular complexity index is 1760. The zero-order valence-electron chi connectivity index (χ0n) is 40.6. The summed E-state index contributed by atoms with van der Waals surface area (Å²) in [5.74, 6) is -7.96. The van der Waals surface area contributed by atoms with Crippen LogP contribution in [0.25, 0.3) is 0 Å². The number of carbonyl (C=O) groups is 5. The summed E-state index contributed by atoms with van der Waals surface area (Å²) >= 11 is 0. The Morgan fingerprint density at radius 1 is 0.846 bits per heavy atom. The summed E-state index contributed by atoms with van der Waals surface area (Å²) in [5.41, 5.74) is 1.27. The summed E-state index contributed by atoms with van der Waals surface area (Å²) in [6.07, 6.45) is 11.2. The van der Waals surface area contributed by atoms with Crippen molar-refractivity contribution in [2.45, 2.75) is 180 Å². The van der Waals surface area contributed by atoms with Crippen LogP contribution in [0.4, 0.5) is 0 Å². The number of Topliss-reactive ketones (excluding diaryl/α,β-unsaturated/α-hetero) is 3. The molecular formula is C51H79NO13. The number of cyclic esters (lactones) is 1. The van der Waals surface area contributed by atoms with Crippen LogP contribution in [0.15, 0.2) is 47.6 Å². The van der Waals surface area contributed by atoms with Crippen LogP contribution in [0.5, 0.6) is 0 Å². The van der Waals surface area contributed by atoms with Gasteiger partial charge in [0.2, 0.25) is 5.79 Å². The number of hydrogen-bond acceptors (Lipinski definition) is 13. The smallest absolute Gasteiger partial charge is 0.329 e. The number of aliphatic hydroxyl groups excluding tert-OH is 2. The molecule has 1 unspecified atom stereocenters. The van der Waals surface area contributed by atoms with Gasteiger partial charge < -0.3 is 43.9 Å². The topological polar surface area (TPSA) is 195 Å². The van der Waals surface area contributed by atoms with E-state index in [-0.39, 0.29) is 54.8 Å². The number of amides is 1. The van der Waals surface area contributed by atoms with E-state index in [1.165, 1.54) is 12.0 Å². The molecule has 3 fully saturated rings. The zero-order chi connectivity index (χ0) is 48.2. The Balaban J connectivity index is 1.70. The minimum Gasteiger partial charge on any atom is -0.460 e. The van der Waals surface area contributed by atoms with Gasteiger partial charge in [0, 0.05) is 58.5 Å². The van der Waals surface area contributed by atoms with E-state index >= 15 is 0 Å². The molecule has 4 aliphatic rings. The summed E-state index contributed by atoms with van der Waals surface area (Å²) in [6, 6.07) is -1.14. The Labute approximate surface area is 387 Å². The van der Waals surface area contributed by atoms with Crippen molar-refractivity contribution in [2.24, 2.45) is 35.5 Å². The highest BCUT2D eigenvalue weighted by Crippen LogP contribution is 2.38. The Hall–Kier alpha value is -3.37. The molecule has 3 N–H and O–H groups in total. The molecule has 3 heterocycles. The molecule has 0 spiro atoms. The fraction of sp³-hybridized carbons (Fsp3) is 0.745. The predicted molar refractivity (Wildman–Crippen MR) is 245 cm³/mol. The molecule has 2 bridgehead atoms. The normalized spacial score (nSPS) is 40.4. The van der Waals surface area contributed by atoms with Crippen molar-refractivity contribution in [3.05, 3.63) is 47.6 Å². The van der Waals surface area contributed by atoms with Crippen molar-refractivity contribution < 1.29 is 63.0 Å². The molecule has 4 rings (SSSR count). The molecule has 0 aromatic carbocycles. The van der Waals surface area contributed by atoms with E-state index in [9.17, 15) is 39.3 Å². The van der Waals surface area contributed by atoms with Crippen LogP contribution in [0.1, 0.15) is 126 Å². The molecule has 3 aliphatic heterocycles. The van der Waals surface area contributed by atoms with Crippen LogP contribution >= 0.6 is 0 Å². The van der Waals surface area contributed by atoms with Gasteiger partial charge in [-0.1, -0.05) is 71.1 Å². The number of rotatable bonds is 6. The summed E-state index contributed by atoms with van der Waals surface area (Å²) < 4.78 is 29.4. The van der Waals surface area contributed by atoms with E-state index in [2.05, 4.69) is 0 Å². The molecule has 1 aliphatic carbocycles. The quantitative estimate of drug-likeness (QED) is 0.156. The number of esters is 1. The van der Waals surface area contributed by atoms with Gasteiger partial charge in [0.15, 0.2) is 5.78 Å². The Kier molecular flexibility index (Phi) is 21.0. The highest BCUT2D eigenvalue weighted by atomic mass is 16.6. The minimum absolute atomic E-state index is 0.0193. The zero-order valence-corrected chi connectivity index (χ0v) is 40.6. The van der Waals surface area contributed by atoms with Crippen LogP contribution in [-0.2, 0) is 47.7 Å². The van der Waals surface area contributed by atoms with E-state index in [1.54, 1.807) is 41.1 Å². The maximum atomic E-state index is 14.4. The number of carbonyl (C=O) groups excluding carboxylic acids is 5. The Morgan fingerprint density at radius 3 is 2.25 bits per heavy atom. The van der Waals surface area contributed by atoms with Crippen LogP contribution in [0, 0.1) is 35.5 Å². The maximum absolute atomic E-state index is 14.4. The van der Waals surface area contributed by atoms with Crippen molar-refractivity contribution in [1.29, 1.82) is 0 Å². The number of hydrogen-bond donors (Lipinski definition) is 3. The molecule has 65 heavy (non-hydrogen) atoms. The van der Waals surface area contributed by atoms with Crippen molar-refractivity contribution in [1.82, 2.24) is 4.90 Å². The molecular weight excluding hydrogens is 835 g/mol. The van der Waals surface area contributed by atoms with Gasteiger partial charge in [-0.15, -0.1) is 0 Å². The number of methoxy groups -OCH3 is 3. The molecule has 366 valence electrons. The molecule has 14 nitrogen and oxygen atoms in total. The van der Waals surface area contributed by atoms with Gasteiger partial charge in [0.1, 0.15) is 30.1 Å². The highest BCUT2D eigenvalue weighted by Gasteiger charge is 2.53. The highest BCUT2D eigenvalue weighted by molar-refractivity contribution is 6.39. The maximum Gasteiger partial charge on any atom is 0.329 e. The average Bonchev–Trinajstić information content (AvgIpc) is 3.28. The predicted octanol–water partition coefficient (Wildman–Crippen LogP) is 6.18. The van der Waals surface area contributed by atoms with Crippen molar-refractivity contribution >= 4 is 29.2 Å². The summed E-state index contributed by atoms with van der Waals surface area (Å²) in [4.78, 5) is 71.8. The molecule has 0 aromatic heterocycles. The molecule has 0 radical (unpaired) electrons. The van der Waals surface area contributed by atoms with Gasteiger partial charge in [-0.25, -0.2) is 4.79 Å². The van der Waals surface area contributed by atoms with Crippen molar-refractivity contribution in [3.63, 3.8) is 0 Å². The lowest BCUT2D eigenvalue weighted by Gasteiger charge is -2.42. The number of nitrogens with zero attached hydrogens (tertiary/aromatic N) is 1. The SMILES string of the molecule is COC1C[C@@H]2CC[C@@H](C)[C@@](O)(O2)C(=O)C(=O)N2CCCC[C@H]2C(=O)O[C@H]([C@H](C)C[C@@H]2CC[C@@H](O)[C@H](OC)C2)CC(=O)[C@H](C)/C=C(\C)[C@@H](O)[C@@H](OC)C(=O)[C@H](C)C[C@H](C)/C=C/C=C/C=C/1C. The first-order valence-corrected chi connectivity index (χ1v) is 23.9. The number of piperidine rings is 1. The first-order valence-electron chi connectivity index (χ1n) is 23.9. The molecule has 2 saturated heterocycles. The molecule has 1 saturated carbocycles. The minimum atomic E-state index is -2.43. The standard InChI is InChI=1S/C51H79NO13/c1-30-16-12-11-13-17-31(2)42(61-8)28-38-21-19-36(7)51(60,65-38)48(57)49(58)52-23-15-14-18-39(52)50(59)64-43(33(4)26-37-20-22-40(53)44(27-37)62-9)29-41(54)32(3)25-35(6)46(56)47(63-10)45(55)34(5)24-30/h11-13,16-17,25,30,32-34,36-40,42-44,46-47,53,56,60H,14-15,18-24,26-29H2,1-10H3/b13-11+,16-12+,31-17+,35-25+/t30-,32-,33-,34-,36-,37+,38+,39+,40-,42?,43+,44-,46-,47+,51-/m1/s1. The third kappa shape index (κ3) is 14.3. The van der Waals surface area contributed by atoms with Gasteiger partial charge in [-0.3, -0.25) is 19.2 Å².